The van der Waals surface area contributed by atoms with Crippen LogP contribution in [0, 0.1) is 0 Å². The Kier molecular flexibility index (Phi) is 5.58. The highest BCUT2D eigenvalue weighted by Gasteiger charge is 2.29. The number of esters is 1. The average Bonchev–Trinajstić information content (AvgIpc) is 2.52. The summed E-state index contributed by atoms with van der Waals surface area (Å²) in [4.78, 5) is 25.1. The molecule has 1 aromatic carbocycles. The van der Waals surface area contributed by atoms with E-state index in [-0.39, 0.29) is 19.1 Å². The summed E-state index contributed by atoms with van der Waals surface area (Å²) in [5, 5.41) is 0. The first kappa shape index (κ1) is 15.8. The van der Waals surface area contributed by atoms with Crippen LogP contribution < -0.4 is 4.74 Å². The number of methoxy groups -OCH3 is 1. The summed E-state index contributed by atoms with van der Waals surface area (Å²) in [5.41, 5.74) is 0. The minimum Gasteiger partial charge on any atom is -0.484 e. The van der Waals surface area contributed by atoms with E-state index in [2.05, 4.69) is 20.7 Å². The van der Waals surface area contributed by atoms with Gasteiger partial charge in [0.15, 0.2) is 12.7 Å². The van der Waals surface area contributed by atoms with Crippen molar-refractivity contribution in [2.75, 3.05) is 33.4 Å². The van der Waals surface area contributed by atoms with E-state index < -0.39 is 12.1 Å². The van der Waals surface area contributed by atoms with E-state index in [0.717, 1.165) is 4.47 Å². The van der Waals surface area contributed by atoms with Crippen LogP contribution >= 0.6 is 15.9 Å². The Morgan fingerprint density at radius 3 is 3.00 bits per heavy atom. The van der Waals surface area contributed by atoms with Crippen molar-refractivity contribution in [3.05, 3.63) is 28.7 Å². The molecule has 1 aromatic rings. The molecular weight excluding hydrogens is 342 g/mol. The molecule has 0 N–H and O–H groups in total. The summed E-state index contributed by atoms with van der Waals surface area (Å²) in [7, 11) is 1.29. The molecule has 1 unspecified atom stereocenters. The molecule has 1 atom stereocenters. The number of carbonyl (C=O) groups is 2. The van der Waals surface area contributed by atoms with E-state index in [1.807, 2.05) is 12.1 Å². The van der Waals surface area contributed by atoms with E-state index in [9.17, 15) is 9.59 Å². The van der Waals surface area contributed by atoms with Crippen molar-refractivity contribution >= 4 is 27.8 Å². The summed E-state index contributed by atoms with van der Waals surface area (Å²) < 4.78 is 16.2. The molecule has 0 radical (unpaired) electrons. The zero-order chi connectivity index (χ0) is 15.2. The molecule has 114 valence electrons. The summed E-state index contributed by atoms with van der Waals surface area (Å²) in [5.74, 6) is -0.0527. The van der Waals surface area contributed by atoms with Crippen LogP contribution in [-0.2, 0) is 19.1 Å². The number of rotatable bonds is 4. The van der Waals surface area contributed by atoms with E-state index in [4.69, 9.17) is 9.47 Å². The number of halogens is 1. The van der Waals surface area contributed by atoms with Gasteiger partial charge in [-0.05, 0) is 18.2 Å². The van der Waals surface area contributed by atoms with Gasteiger partial charge in [0.25, 0.3) is 5.91 Å². The number of hydrogen-bond acceptors (Lipinski definition) is 5. The van der Waals surface area contributed by atoms with Crippen LogP contribution in [0.1, 0.15) is 0 Å². The number of morpholine rings is 1. The van der Waals surface area contributed by atoms with E-state index >= 15 is 0 Å². The van der Waals surface area contributed by atoms with Crippen LogP contribution in [0.15, 0.2) is 28.7 Å². The number of ether oxygens (including phenoxy) is 3. The first-order valence-electron chi connectivity index (χ1n) is 6.45. The normalized spacial score (nSPS) is 18.2. The predicted molar refractivity (Wildman–Crippen MR) is 78.0 cm³/mol. The SMILES string of the molecule is COC(=O)C1CN(C(=O)COc2cccc(Br)c2)CCO1. The smallest absolute Gasteiger partial charge is 0.336 e. The lowest BCUT2D eigenvalue weighted by atomic mass is 10.2. The monoisotopic (exact) mass is 357 g/mol. The zero-order valence-electron chi connectivity index (χ0n) is 11.6. The van der Waals surface area contributed by atoms with Crippen molar-refractivity contribution in [2.45, 2.75) is 6.10 Å². The van der Waals surface area contributed by atoms with Crippen LogP contribution in [0.25, 0.3) is 0 Å². The van der Waals surface area contributed by atoms with Gasteiger partial charge in [0.1, 0.15) is 5.75 Å². The molecule has 1 heterocycles. The van der Waals surface area contributed by atoms with E-state index in [0.29, 0.717) is 18.9 Å². The molecule has 0 spiro atoms. The summed E-state index contributed by atoms with van der Waals surface area (Å²) >= 11 is 3.33. The molecule has 1 aliphatic heterocycles. The van der Waals surface area contributed by atoms with Gasteiger partial charge in [-0.2, -0.15) is 0 Å². The maximum Gasteiger partial charge on any atom is 0.336 e. The highest BCUT2D eigenvalue weighted by molar-refractivity contribution is 9.10. The van der Waals surface area contributed by atoms with Gasteiger partial charge in [-0.1, -0.05) is 22.0 Å². The van der Waals surface area contributed by atoms with Gasteiger partial charge in [0, 0.05) is 11.0 Å². The molecule has 0 aromatic heterocycles. The number of hydrogen-bond donors (Lipinski definition) is 0. The molecule has 0 saturated carbocycles. The van der Waals surface area contributed by atoms with Crippen molar-refractivity contribution in [3.8, 4) is 5.75 Å². The van der Waals surface area contributed by atoms with Gasteiger partial charge in [-0.25, -0.2) is 4.79 Å². The molecule has 7 heteroatoms. The second-order valence-electron chi connectivity index (χ2n) is 4.47. The molecule has 0 aliphatic carbocycles. The molecule has 1 amide bonds. The van der Waals surface area contributed by atoms with Crippen LogP contribution in [0.4, 0.5) is 0 Å². The lowest BCUT2D eigenvalue weighted by Gasteiger charge is -2.31. The van der Waals surface area contributed by atoms with Crippen molar-refractivity contribution in [1.29, 1.82) is 0 Å². The summed E-state index contributed by atoms with van der Waals surface area (Å²) in [6.45, 7) is 0.855. The van der Waals surface area contributed by atoms with Crippen LogP contribution in [0.2, 0.25) is 0 Å². The Morgan fingerprint density at radius 1 is 1.48 bits per heavy atom. The molecule has 1 fully saturated rings. The minimum atomic E-state index is -0.724. The second-order valence-corrected chi connectivity index (χ2v) is 5.38. The summed E-state index contributed by atoms with van der Waals surface area (Å²) in [6, 6.07) is 7.25. The first-order chi connectivity index (χ1) is 10.1. The molecule has 1 saturated heterocycles. The number of nitrogens with zero attached hydrogens (tertiary/aromatic N) is 1. The van der Waals surface area contributed by atoms with Crippen molar-refractivity contribution in [1.82, 2.24) is 4.90 Å². The Labute approximate surface area is 131 Å². The van der Waals surface area contributed by atoms with Gasteiger partial charge < -0.3 is 19.1 Å². The van der Waals surface area contributed by atoms with Gasteiger partial charge in [-0.15, -0.1) is 0 Å². The van der Waals surface area contributed by atoms with E-state index in [1.165, 1.54) is 7.11 Å². The molecule has 21 heavy (non-hydrogen) atoms. The van der Waals surface area contributed by atoms with Crippen LogP contribution in [0.5, 0.6) is 5.75 Å². The Morgan fingerprint density at radius 2 is 2.29 bits per heavy atom. The van der Waals surface area contributed by atoms with Crippen molar-refractivity contribution < 1.29 is 23.8 Å². The third-order valence-electron chi connectivity index (χ3n) is 3.04. The lowest BCUT2D eigenvalue weighted by Crippen LogP contribution is -2.50. The maximum absolute atomic E-state index is 12.1. The largest absolute Gasteiger partial charge is 0.484 e. The topological polar surface area (TPSA) is 65.1 Å². The quantitative estimate of drug-likeness (QED) is 0.758. The first-order valence-corrected chi connectivity index (χ1v) is 7.25. The predicted octanol–water partition coefficient (Wildman–Crippen LogP) is 1.23. The zero-order valence-corrected chi connectivity index (χ0v) is 13.2. The van der Waals surface area contributed by atoms with Crippen LogP contribution in [-0.4, -0.2) is 56.3 Å². The fourth-order valence-electron chi connectivity index (χ4n) is 1.94. The van der Waals surface area contributed by atoms with Crippen molar-refractivity contribution in [3.63, 3.8) is 0 Å². The molecule has 0 bridgehead atoms. The Balaban J connectivity index is 1.86. The fraction of sp³-hybridized carbons (Fsp3) is 0.429. The molecule has 2 rings (SSSR count). The highest BCUT2D eigenvalue weighted by Crippen LogP contribution is 2.18. The lowest BCUT2D eigenvalue weighted by molar-refractivity contribution is -0.163. The summed E-state index contributed by atoms with van der Waals surface area (Å²) in [6.07, 6.45) is -0.724. The number of benzene rings is 1. The molecule has 1 aliphatic rings. The fourth-order valence-corrected chi connectivity index (χ4v) is 2.32. The van der Waals surface area contributed by atoms with Gasteiger partial charge in [0.2, 0.25) is 0 Å². The van der Waals surface area contributed by atoms with Gasteiger partial charge >= 0.3 is 5.97 Å². The maximum atomic E-state index is 12.1. The average molecular weight is 358 g/mol. The molecular formula is C14H16BrNO5. The Hall–Kier alpha value is -1.60. The van der Waals surface area contributed by atoms with Crippen molar-refractivity contribution in [2.24, 2.45) is 0 Å². The third-order valence-corrected chi connectivity index (χ3v) is 3.53. The van der Waals surface area contributed by atoms with E-state index in [1.54, 1.807) is 17.0 Å². The third kappa shape index (κ3) is 4.44. The second kappa shape index (κ2) is 7.42. The van der Waals surface area contributed by atoms with Crippen LogP contribution in [0.3, 0.4) is 0 Å². The van der Waals surface area contributed by atoms with Gasteiger partial charge in [0.05, 0.1) is 20.3 Å². The Bertz CT molecular complexity index is 522. The number of amides is 1. The standard InChI is InChI=1S/C14H16BrNO5/c1-19-14(18)12-8-16(5-6-20-12)13(17)9-21-11-4-2-3-10(15)7-11/h2-4,7,12H,5-6,8-9H2,1H3. The molecule has 6 nitrogen and oxygen atoms in total. The highest BCUT2D eigenvalue weighted by atomic mass is 79.9. The minimum absolute atomic E-state index is 0.0790. The number of carbonyl (C=O) groups excluding carboxylic acids is 2. The van der Waals surface area contributed by atoms with Gasteiger partial charge in [-0.3, -0.25) is 4.79 Å².